The van der Waals surface area contributed by atoms with E-state index in [1.807, 2.05) is 4.90 Å². The molecule has 0 N–H and O–H groups in total. The van der Waals surface area contributed by atoms with E-state index in [4.69, 9.17) is 5.26 Å². The van der Waals surface area contributed by atoms with Crippen molar-refractivity contribution in [2.24, 2.45) is 11.8 Å². The number of rotatable bonds is 1. The molecule has 110 valence electrons. The molecular weight excluding hydrogens is 277 g/mol. The van der Waals surface area contributed by atoms with Gasteiger partial charge in [-0.05, 0) is 42.9 Å². The van der Waals surface area contributed by atoms with E-state index < -0.39 is 11.7 Å². The van der Waals surface area contributed by atoms with Gasteiger partial charge < -0.3 is 4.90 Å². The van der Waals surface area contributed by atoms with E-state index in [0.29, 0.717) is 24.9 Å². The molecule has 0 bridgehead atoms. The van der Waals surface area contributed by atoms with E-state index in [1.165, 1.54) is 12.1 Å². The summed E-state index contributed by atoms with van der Waals surface area (Å²) in [5, 5.41) is 8.81. The second-order valence-corrected chi connectivity index (χ2v) is 5.71. The van der Waals surface area contributed by atoms with Crippen LogP contribution < -0.4 is 4.90 Å². The number of hydrogen-bond acceptors (Lipinski definition) is 2. The molecule has 1 aliphatic carbocycles. The Kier molecular flexibility index (Phi) is 3.40. The molecule has 1 fully saturated rings. The lowest BCUT2D eigenvalue weighted by atomic mass is 9.86. The molecule has 0 saturated carbocycles. The van der Waals surface area contributed by atoms with Crippen molar-refractivity contribution in [3.63, 3.8) is 0 Å². The molecule has 1 aromatic rings. The molecule has 0 aromatic heterocycles. The van der Waals surface area contributed by atoms with Gasteiger partial charge in [0.25, 0.3) is 0 Å². The van der Waals surface area contributed by atoms with E-state index in [9.17, 15) is 13.2 Å². The van der Waals surface area contributed by atoms with Crippen LogP contribution in [-0.2, 0) is 6.18 Å². The highest BCUT2D eigenvalue weighted by Crippen LogP contribution is 2.41. The summed E-state index contributed by atoms with van der Waals surface area (Å²) in [6.07, 6.45) is 1.69. The zero-order chi connectivity index (χ0) is 15.0. The Bertz CT molecular complexity index is 597. The normalized spacial score (nSPS) is 24.8. The maximum absolute atomic E-state index is 13.2. The molecule has 2 atom stereocenters. The van der Waals surface area contributed by atoms with Gasteiger partial charge >= 0.3 is 6.18 Å². The Labute approximate surface area is 121 Å². The number of nitriles is 1. The third-order valence-corrected chi connectivity index (χ3v) is 4.39. The lowest BCUT2D eigenvalue weighted by molar-refractivity contribution is -0.137. The molecule has 0 amide bonds. The van der Waals surface area contributed by atoms with Gasteiger partial charge in [0.05, 0.1) is 17.2 Å². The first-order valence-electron chi connectivity index (χ1n) is 7.00. The van der Waals surface area contributed by atoms with Gasteiger partial charge in [-0.15, -0.1) is 0 Å². The van der Waals surface area contributed by atoms with E-state index in [0.717, 1.165) is 18.9 Å². The number of halogens is 3. The first kappa shape index (κ1) is 14.0. The molecule has 2 unspecified atom stereocenters. The predicted octanol–water partition coefficient (Wildman–Crippen LogP) is 3.98. The molecule has 1 aliphatic heterocycles. The topological polar surface area (TPSA) is 27.0 Å². The van der Waals surface area contributed by atoms with Crippen molar-refractivity contribution >= 4 is 5.69 Å². The molecule has 1 saturated heterocycles. The van der Waals surface area contributed by atoms with Crippen molar-refractivity contribution in [1.29, 1.82) is 5.26 Å². The van der Waals surface area contributed by atoms with Crippen molar-refractivity contribution < 1.29 is 13.2 Å². The summed E-state index contributed by atoms with van der Waals surface area (Å²) < 4.78 is 39.7. The van der Waals surface area contributed by atoms with Crippen LogP contribution in [0.25, 0.3) is 0 Å². The summed E-state index contributed by atoms with van der Waals surface area (Å²) in [5.41, 5.74) is -0.451. The molecule has 1 heterocycles. The third kappa shape index (κ3) is 2.63. The zero-order valence-corrected chi connectivity index (χ0v) is 11.4. The lowest BCUT2D eigenvalue weighted by Gasteiger charge is -2.23. The zero-order valence-electron chi connectivity index (χ0n) is 11.4. The quantitative estimate of drug-likeness (QED) is 0.732. The number of fused-ring (bicyclic) bond motifs is 1. The van der Waals surface area contributed by atoms with Crippen molar-refractivity contribution in [2.75, 3.05) is 18.0 Å². The highest BCUT2D eigenvalue weighted by molar-refractivity contribution is 5.59. The number of hydrogen-bond donors (Lipinski definition) is 0. The minimum Gasteiger partial charge on any atom is -0.370 e. The first-order valence-corrected chi connectivity index (χ1v) is 7.00. The average molecular weight is 292 g/mol. The summed E-state index contributed by atoms with van der Waals surface area (Å²) in [6.45, 7) is 1.31. The lowest BCUT2D eigenvalue weighted by Crippen LogP contribution is -2.23. The molecule has 2 nitrogen and oxygen atoms in total. The largest absolute Gasteiger partial charge is 0.418 e. The van der Waals surface area contributed by atoms with Crippen molar-refractivity contribution in [3.8, 4) is 6.07 Å². The van der Waals surface area contributed by atoms with Crippen molar-refractivity contribution in [2.45, 2.75) is 19.0 Å². The maximum Gasteiger partial charge on any atom is 0.418 e. The minimum atomic E-state index is -4.44. The Morgan fingerprint density at radius 3 is 2.24 bits per heavy atom. The highest BCUT2D eigenvalue weighted by atomic mass is 19.4. The Balaban J connectivity index is 1.94. The van der Waals surface area contributed by atoms with Gasteiger partial charge in [0.1, 0.15) is 0 Å². The molecule has 3 rings (SSSR count). The Morgan fingerprint density at radius 2 is 1.71 bits per heavy atom. The van der Waals surface area contributed by atoms with Crippen LogP contribution in [0.1, 0.15) is 24.0 Å². The van der Waals surface area contributed by atoms with Crippen molar-refractivity contribution in [1.82, 2.24) is 0 Å². The maximum atomic E-state index is 13.2. The smallest absolute Gasteiger partial charge is 0.370 e. The molecular formula is C16H15F3N2. The van der Waals surface area contributed by atoms with Gasteiger partial charge in [-0.1, -0.05) is 12.2 Å². The van der Waals surface area contributed by atoms with Crippen LogP contribution >= 0.6 is 0 Å². The minimum absolute atomic E-state index is 0.0457. The van der Waals surface area contributed by atoms with E-state index in [-0.39, 0.29) is 11.3 Å². The van der Waals surface area contributed by atoms with Gasteiger partial charge in [-0.2, -0.15) is 18.4 Å². The summed E-state index contributed by atoms with van der Waals surface area (Å²) in [7, 11) is 0. The van der Waals surface area contributed by atoms with E-state index in [1.54, 1.807) is 6.07 Å². The summed E-state index contributed by atoms with van der Waals surface area (Å²) in [6, 6.07) is 5.63. The van der Waals surface area contributed by atoms with Crippen LogP contribution in [0.15, 0.2) is 30.4 Å². The molecule has 5 heteroatoms. The van der Waals surface area contributed by atoms with Gasteiger partial charge in [-0.3, -0.25) is 0 Å². The molecule has 1 aromatic carbocycles. The van der Waals surface area contributed by atoms with Gasteiger partial charge in [-0.25, -0.2) is 0 Å². The highest BCUT2D eigenvalue weighted by Gasteiger charge is 2.39. The van der Waals surface area contributed by atoms with E-state index in [2.05, 4.69) is 12.2 Å². The molecule has 21 heavy (non-hydrogen) atoms. The number of nitrogens with zero attached hydrogens (tertiary/aromatic N) is 2. The molecule has 0 spiro atoms. The Morgan fingerprint density at radius 1 is 1.10 bits per heavy atom. The number of alkyl halides is 3. The monoisotopic (exact) mass is 292 g/mol. The van der Waals surface area contributed by atoms with Gasteiger partial charge in [0, 0.05) is 18.8 Å². The Hall–Kier alpha value is -1.96. The fourth-order valence-electron chi connectivity index (χ4n) is 3.32. The van der Waals surface area contributed by atoms with Crippen molar-refractivity contribution in [3.05, 3.63) is 41.5 Å². The third-order valence-electron chi connectivity index (χ3n) is 4.39. The molecule has 2 aliphatic rings. The van der Waals surface area contributed by atoms with Crippen LogP contribution in [0.5, 0.6) is 0 Å². The number of benzene rings is 1. The SMILES string of the molecule is N#Cc1ccc(N2CC3CC=CCC3C2)c(C(F)(F)F)c1. The first-order chi connectivity index (χ1) is 9.99. The van der Waals surface area contributed by atoms with Crippen LogP contribution in [0.3, 0.4) is 0 Å². The van der Waals surface area contributed by atoms with Crippen LogP contribution in [-0.4, -0.2) is 13.1 Å². The second-order valence-electron chi connectivity index (χ2n) is 5.71. The van der Waals surface area contributed by atoms with Crippen LogP contribution in [0.4, 0.5) is 18.9 Å². The predicted molar refractivity (Wildman–Crippen MR) is 73.7 cm³/mol. The van der Waals surface area contributed by atoms with Crippen LogP contribution in [0, 0.1) is 23.2 Å². The van der Waals surface area contributed by atoms with Gasteiger partial charge in [0.15, 0.2) is 0 Å². The summed E-state index contributed by atoms with van der Waals surface area (Å²) in [5.74, 6) is 0.874. The fraction of sp³-hybridized carbons (Fsp3) is 0.438. The van der Waals surface area contributed by atoms with Gasteiger partial charge in [0.2, 0.25) is 0 Å². The average Bonchev–Trinajstić information content (AvgIpc) is 2.89. The molecule has 0 radical (unpaired) electrons. The fourth-order valence-corrected chi connectivity index (χ4v) is 3.32. The summed E-state index contributed by atoms with van der Waals surface area (Å²) >= 11 is 0. The number of anilines is 1. The van der Waals surface area contributed by atoms with Crippen LogP contribution in [0.2, 0.25) is 0 Å². The summed E-state index contributed by atoms with van der Waals surface area (Å²) in [4.78, 5) is 1.83. The van der Waals surface area contributed by atoms with E-state index >= 15 is 0 Å². The standard InChI is InChI=1S/C16H15F3N2/c17-16(18,19)14-7-11(8-20)5-6-15(14)21-9-12-3-1-2-4-13(12)10-21/h1-2,5-7,12-13H,3-4,9-10H2. The number of allylic oxidation sites excluding steroid dienone is 2. The second kappa shape index (κ2) is 5.10.